The van der Waals surface area contributed by atoms with Crippen LogP contribution in [0.4, 0.5) is 0 Å². The Balaban J connectivity index is 0.00000280. The van der Waals surface area contributed by atoms with Crippen LogP contribution in [0, 0.1) is 5.92 Å². The predicted molar refractivity (Wildman–Crippen MR) is 124 cm³/mol. The predicted octanol–water partition coefficient (Wildman–Crippen LogP) is 2.47. The molecule has 1 aromatic heterocycles. The van der Waals surface area contributed by atoms with Crippen LogP contribution in [0.3, 0.4) is 0 Å². The number of aliphatic imine (C=N–C) groups is 1. The van der Waals surface area contributed by atoms with Gasteiger partial charge in [-0.1, -0.05) is 30.3 Å². The molecule has 0 aliphatic carbocycles. The summed E-state index contributed by atoms with van der Waals surface area (Å²) in [4.78, 5) is 7.02. The van der Waals surface area contributed by atoms with E-state index in [1.807, 2.05) is 48.3 Å². The molecule has 154 valence electrons. The summed E-state index contributed by atoms with van der Waals surface area (Å²) < 4.78 is 1.86. The molecule has 1 aliphatic rings. The average Bonchev–Trinajstić information content (AvgIpc) is 3.29. The quantitative estimate of drug-likeness (QED) is 0.351. The van der Waals surface area contributed by atoms with Gasteiger partial charge in [0.2, 0.25) is 0 Å². The monoisotopic (exact) mass is 497 g/mol. The smallest absolute Gasteiger partial charge is 0.194 e. The number of likely N-dealkylation sites (tertiary alicyclic amines) is 1. The Bertz CT molecular complexity index is 733. The summed E-state index contributed by atoms with van der Waals surface area (Å²) in [6, 6.07) is 10.1. The molecule has 7 heteroatoms. The first kappa shape index (κ1) is 22.7. The first-order valence-corrected chi connectivity index (χ1v) is 9.86. The number of nitrogens with one attached hydrogen (secondary N) is 1. The van der Waals surface area contributed by atoms with Gasteiger partial charge in [0.1, 0.15) is 0 Å². The number of aliphatic hydroxyl groups excluding tert-OH is 1. The molecule has 2 N–H and O–H groups in total. The third-order valence-corrected chi connectivity index (χ3v) is 4.97. The number of aryl methyl sites for hydroxylation is 1. The van der Waals surface area contributed by atoms with Crippen LogP contribution in [0.25, 0.3) is 0 Å². The lowest BCUT2D eigenvalue weighted by molar-refractivity contribution is 0.183. The summed E-state index contributed by atoms with van der Waals surface area (Å²) in [7, 11) is 1.96. The fraction of sp³-hybridized carbons (Fsp3) is 0.524. The van der Waals surface area contributed by atoms with E-state index in [4.69, 9.17) is 4.99 Å². The van der Waals surface area contributed by atoms with Gasteiger partial charge in [0.15, 0.2) is 5.96 Å². The summed E-state index contributed by atoms with van der Waals surface area (Å²) in [5, 5.41) is 18.0. The van der Waals surface area contributed by atoms with E-state index in [0.29, 0.717) is 18.9 Å². The Morgan fingerprint density at radius 1 is 1.32 bits per heavy atom. The number of halogens is 1. The van der Waals surface area contributed by atoms with Crippen LogP contribution in [-0.4, -0.2) is 58.0 Å². The maximum Gasteiger partial charge on any atom is 0.194 e. The van der Waals surface area contributed by atoms with E-state index in [9.17, 15) is 5.11 Å². The highest BCUT2D eigenvalue weighted by atomic mass is 127. The topological polar surface area (TPSA) is 65.7 Å². The van der Waals surface area contributed by atoms with Crippen LogP contribution in [0.5, 0.6) is 0 Å². The van der Waals surface area contributed by atoms with Gasteiger partial charge < -0.3 is 15.3 Å². The van der Waals surface area contributed by atoms with E-state index < -0.39 is 6.10 Å². The van der Waals surface area contributed by atoms with Crippen LogP contribution < -0.4 is 5.32 Å². The number of hydrogen-bond donors (Lipinski definition) is 2. The molecule has 0 radical (unpaired) electrons. The van der Waals surface area contributed by atoms with Crippen molar-refractivity contribution in [3.05, 3.63) is 53.9 Å². The van der Waals surface area contributed by atoms with Crippen LogP contribution >= 0.6 is 24.0 Å². The van der Waals surface area contributed by atoms with Crippen LogP contribution in [0.2, 0.25) is 0 Å². The summed E-state index contributed by atoms with van der Waals surface area (Å²) in [5.74, 6) is 1.53. The van der Waals surface area contributed by atoms with Crippen molar-refractivity contribution < 1.29 is 5.11 Å². The Morgan fingerprint density at radius 3 is 2.79 bits per heavy atom. The lowest BCUT2D eigenvalue weighted by Gasteiger charge is -2.22. The minimum atomic E-state index is -0.463. The van der Waals surface area contributed by atoms with Gasteiger partial charge in [-0.2, -0.15) is 5.10 Å². The summed E-state index contributed by atoms with van der Waals surface area (Å²) in [6.07, 6.45) is 6.44. The lowest BCUT2D eigenvalue weighted by atomic mass is 10.0. The molecule has 1 aromatic carbocycles. The Morgan fingerprint density at radius 2 is 2.11 bits per heavy atom. The SMILES string of the molecule is CCNC(=NCC(O)Cc1ccccc1)N1CCC(Cc2cnn(C)c2)C1.I. The third-order valence-electron chi connectivity index (χ3n) is 4.97. The van der Waals surface area contributed by atoms with Gasteiger partial charge in [-0.15, -0.1) is 24.0 Å². The summed E-state index contributed by atoms with van der Waals surface area (Å²) >= 11 is 0. The second-order valence-corrected chi connectivity index (χ2v) is 7.37. The van der Waals surface area contributed by atoms with Crippen LogP contribution in [0.1, 0.15) is 24.5 Å². The second kappa shape index (κ2) is 11.4. The van der Waals surface area contributed by atoms with Crippen LogP contribution in [0.15, 0.2) is 47.7 Å². The first-order valence-electron chi connectivity index (χ1n) is 9.86. The highest BCUT2D eigenvalue weighted by Crippen LogP contribution is 2.20. The molecule has 1 aliphatic heterocycles. The van der Waals surface area contributed by atoms with Gasteiger partial charge in [-0.25, -0.2) is 0 Å². The average molecular weight is 497 g/mol. The standard InChI is InChI=1S/C21H31N5O.HI/c1-3-22-21(23-14-20(27)12-17-7-5-4-6-8-17)26-10-9-18(16-26)11-19-13-24-25(2)15-19;/h4-8,13,15,18,20,27H,3,9-12,14,16H2,1-2H3,(H,22,23);1H. The molecular formula is C21H32IN5O. The maximum absolute atomic E-state index is 10.3. The van der Waals surface area contributed by atoms with E-state index >= 15 is 0 Å². The number of rotatable bonds is 7. The van der Waals surface area contributed by atoms with Crippen LogP contribution in [-0.2, 0) is 19.9 Å². The van der Waals surface area contributed by atoms with E-state index in [2.05, 4.69) is 28.4 Å². The van der Waals surface area contributed by atoms with Crippen molar-refractivity contribution in [1.82, 2.24) is 20.0 Å². The zero-order valence-electron chi connectivity index (χ0n) is 16.8. The highest BCUT2D eigenvalue weighted by molar-refractivity contribution is 14.0. The van der Waals surface area contributed by atoms with Gasteiger partial charge >= 0.3 is 0 Å². The Hall–Kier alpha value is -1.61. The summed E-state index contributed by atoms with van der Waals surface area (Å²) in [6.45, 7) is 5.33. The zero-order chi connectivity index (χ0) is 19.1. The molecule has 3 rings (SSSR count). The van der Waals surface area contributed by atoms with Crippen molar-refractivity contribution >= 4 is 29.9 Å². The Labute approximate surface area is 185 Å². The largest absolute Gasteiger partial charge is 0.391 e. The van der Waals surface area contributed by atoms with Crippen molar-refractivity contribution in [2.45, 2.75) is 32.3 Å². The fourth-order valence-electron chi connectivity index (χ4n) is 3.67. The number of aromatic nitrogens is 2. The molecule has 0 bridgehead atoms. The van der Waals surface area contributed by atoms with Gasteiger partial charge in [0.05, 0.1) is 18.8 Å². The Kier molecular flexibility index (Phi) is 9.24. The van der Waals surface area contributed by atoms with Crippen molar-refractivity contribution in [3.63, 3.8) is 0 Å². The second-order valence-electron chi connectivity index (χ2n) is 7.37. The van der Waals surface area contributed by atoms with Crippen molar-refractivity contribution in [2.75, 3.05) is 26.2 Å². The van der Waals surface area contributed by atoms with Gasteiger partial charge in [0.25, 0.3) is 0 Å². The third kappa shape index (κ3) is 6.77. The van der Waals surface area contributed by atoms with E-state index in [0.717, 1.165) is 44.0 Å². The number of hydrogen-bond acceptors (Lipinski definition) is 3. The first-order chi connectivity index (χ1) is 13.1. The molecule has 1 saturated heterocycles. The van der Waals surface area contributed by atoms with Gasteiger partial charge in [-0.05, 0) is 36.8 Å². The molecule has 0 spiro atoms. The molecule has 0 saturated carbocycles. The molecule has 2 atom stereocenters. The fourth-order valence-corrected chi connectivity index (χ4v) is 3.67. The molecule has 2 unspecified atom stereocenters. The van der Waals surface area contributed by atoms with E-state index in [1.165, 1.54) is 5.56 Å². The normalized spacial score (nSPS) is 18.0. The van der Waals surface area contributed by atoms with Gasteiger partial charge in [0, 0.05) is 39.3 Å². The number of aliphatic hydroxyl groups is 1. The van der Waals surface area contributed by atoms with E-state index in [-0.39, 0.29) is 24.0 Å². The molecule has 2 aromatic rings. The zero-order valence-corrected chi connectivity index (χ0v) is 19.1. The highest BCUT2D eigenvalue weighted by Gasteiger charge is 2.25. The lowest BCUT2D eigenvalue weighted by Crippen LogP contribution is -2.40. The molecule has 6 nitrogen and oxygen atoms in total. The number of benzene rings is 1. The number of nitrogens with zero attached hydrogens (tertiary/aromatic N) is 4. The van der Waals surface area contributed by atoms with E-state index in [1.54, 1.807) is 0 Å². The summed E-state index contributed by atoms with van der Waals surface area (Å²) in [5.41, 5.74) is 2.44. The van der Waals surface area contributed by atoms with Crippen molar-refractivity contribution in [1.29, 1.82) is 0 Å². The molecular weight excluding hydrogens is 465 g/mol. The molecule has 0 amide bonds. The minimum absolute atomic E-state index is 0. The van der Waals surface area contributed by atoms with Gasteiger partial charge in [-0.3, -0.25) is 9.67 Å². The number of guanidine groups is 1. The van der Waals surface area contributed by atoms with Crippen molar-refractivity contribution in [3.8, 4) is 0 Å². The molecule has 2 heterocycles. The minimum Gasteiger partial charge on any atom is -0.391 e. The molecule has 28 heavy (non-hydrogen) atoms. The maximum atomic E-state index is 10.3. The van der Waals surface area contributed by atoms with Crippen molar-refractivity contribution in [2.24, 2.45) is 18.0 Å². The molecule has 1 fully saturated rings.